The summed E-state index contributed by atoms with van der Waals surface area (Å²) in [7, 11) is 0. The Bertz CT molecular complexity index is 1410. The molecule has 1 amide bonds. The smallest absolute Gasteiger partial charge is 0.255 e. The van der Waals surface area contributed by atoms with Gasteiger partial charge in [0.15, 0.2) is 12.9 Å². The molecule has 7 nitrogen and oxygen atoms in total. The van der Waals surface area contributed by atoms with E-state index in [-0.39, 0.29) is 18.8 Å². The first kappa shape index (κ1) is 23.8. The van der Waals surface area contributed by atoms with Crippen molar-refractivity contribution in [1.82, 2.24) is 4.57 Å². The van der Waals surface area contributed by atoms with Gasteiger partial charge < -0.3 is 19.8 Å². The molecule has 7 heteroatoms. The third-order valence-corrected chi connectivity index (χ3v) is 5.77. The van der Waals surface area contributed by atoms with Crippen LogP contribution in [0.1, 0.15) is 22.3 Å². The maximum absolute atomic E-state index is 13.9. The molecule has 0 aliphatic rings. The lowest BCUT2D eigenvalue weighted by Crippen LogP contribution is -2.27. The number of amides is 1. The highest BCUT2D eigenvalue weighted by Gasteiger charge is 2.20. The van der Waals surface area contributed by atoms with E-state index < -0.39 is 5.91 Å². The van der Waals surface area contributed by atoms with Crippen molar-refractivity contribution in [2.75, 3.05) is 13.2 Å². The first-order valence-corrected chi connectivity index (χ1v) is 11.2. The number of aldehydes is 1. The van der Waals surface area contributed by atoms with Crippen molar-refractivity contribution in [2.24, 2.45) is 5.73 Å². The van der Waals surface area contributed by atoms with Crippen molar-refractivity contribution in [3.05, 3.63) is 105 Å². The SMILES string of the molecule is Cc1c(Cc2ccccc2)c(=O)n(Cc2ccccc2)c2cc(OCC(N)=O)cc(OCC=O)c12. The van der Waals surface area contributed by atoms with Crippen LogP contribution in [-0.2, 0) is 22.6 Å². The zero-order chi connectivity index (χ0) is 24.8. The number of hydrogen-bond donors (Lipinski definition) is 1. The van der Waals surface area contributed by atoms with Crippen LogP contribution >= 0.6 is 0 Å². The van der Waals surface area contributed by atoms with E-state index in [0.717, 1.165) is 16.7 Å². The Morgan fingerprint density at radius 1 is 0.971 bits per heavy atom. The second kappa shape index (κ2) is 10.7. The molecule has 0 saturated heterocycles. The van der Waals surface area contributed by atoms with Gasteiger partial charge >= 0.3 is 0 Å². The van der Waals surface area contributed by atoms with Gasteiger partial charge in [0.2, 0.25) is 0 Å². The fourth-order valence-corrected chi connectivity index (χ4v) is 4.16. The topological polar surface area (TPSA) is 101 Å². The van der Waals surface area contributed by atoms with Gasteiger partial charge in [-0.2, -0.15) is 0 Å². The number of pyridine rings is 1. The highest BCUT2D eigenvalue weighted by Crippen LogP contribution is 2.35. The molecule has 0 aliphatic heterocycles. The largest absolute Gasteiger partial charge is 0.485 e. The van der Waals surface area contributed by atoms with E-state index in [2.05, 4.69) is 0 Å². The monoisotopic (exact) mass is 470 g/mol. The molecule has 0 radical (unpaired) electrons. The quantitative estimate of drug-likeness (QED) is 0.358. The van der Waals surface area contributed by atoms with Crippen molar-refractivity contribution in [3.8, 4) is 11.5 Å². The summed E-state index contributed by atoms with van der Waals surface area (Å²) in [6.07, 6.45) is 1.10. The summed E-state index contributed by atoms with van der Waals surface area (Å²) in [5.74, 6) is 0.0767. The van der Waals surface area contributed by atoms with Crippen LogP contribution in [0, 0.1) is 6.92 Å². The molecule has 178 valence electrons. The normalized spacial score (nSPS) is 10.8. The number of carbonyl (C=O) groups excluding carboxylic acids is 2. The van der Waals surface area contributed by atoms with Gasteiger partial charge in [0, 0.05) is 29.5 Å². The standard InChI is InChI=1S/C28H26N2O5/c1-19-23(14-20-8-4-2-5-9-20)28(33)30(17-21-10-6-3-7-11-21)24-15-22(35-18-26(29)32)16-25(27(19)24)34-13-12-31/h2-12,15-16H,13-14,17-18H2,1H3,(H2,29,32). The molecule has 3 aromatic carbocycles. The third kappa shape index (κ3) is 5.41. The number of fused-ring (bicyclic) bond motifs is 1. The van der Waals surface area contributed by atoms with Gasteiger partial charge in [-0.3, -0.25) is 14.4 Å². The lowest BCUT2D eigenvalue weighted by molar-refractivity contribution is -0.120. The minimum absolute atomic E-state index is 0.129. The summed E-state index contributed by atoms with van der Waals surface area (Å²) < 4.78 is 13.0. The average Bonchev–Trinajstić information content (AvgIpc) is 2.87. The zero-order valence-electron chi connectivity index (χ0n) is 19.4. The van der Waals surface area contributed by atoms with Crippen LogP contribution in [0.15, 0.2) is 77.6 Å². The Kier molecular flexibility index (Phi) is 7.26. The minimum Gasteiger partial charge on any atom is -0.485 e. The van der Waals surface area contributed by atoms with Crippen molar-refractivity contribution in [2.45, 2.75) is 19.9 Å². The average molecular weight is 471 g/mol. The van der Waals surface area contributed by atoms with Crippen LogP contribution in [0.5, 0.6) is 11.5 Å². The van der Waals surface area contributed by atoms with Crippen LogP contribution < -0.4 is 20.8 Å². The second-order valence-electron chi connectivity index (χ2n) is 8.19. The van der Waals surface area contributed by atoms with Crippen molar-refractivity contribution in [1.29, 1.82) is 0 Å². The van der Waals surface area contributed by atoms with Gasteiger partial charge in [-0.05, 0) is 23.6 Å². The van der Waals surface area contributed by atoms with Gasteiger partial charge in [-0.15, -0.1) is 0 Å². The Labute approximate surface area is 202 Å². The summed E-state index contributed by atoms with van der Waals surface area (Å²) in [5.41, 5.74) is 9.06. The second-order valence-corrected chi connectivity index (χ2v) is 8.19. The molecule has 4 aromatic rings. The molecule has 0 aliphatic carbocycles. The van der Waals surface area contributed by atoms with Crippen molar-refractivity contribution in [3.63, 3.8) is 0 Å². The number of nitrogens with two attached hydrogens (primary N) is 1. The summed E-state index contributed by atoms with van der Waals surface area (Å²) in [6, 6.07) is 22.8. The highest BCUT2D eigenvalue weighted by atomic mass is 16.5. The van der Waals surface area contributed by atoms with Crippen LogP contribution in [0.2, 0.25) is 0 Å². The summed E-state index contributed by atoms with van der Waals surface area (Å²) in [5, 5.41) is 0.708. The fourth-order valence-electron chi connectivity index (χ4n) is 4.16. The molecule has 0 fully saturated rings. The first-order chi connectivity index (χ1) is 17.0. The number of primary amides is 1. The molecule has 0 bridgehead atoms. The van der Waals surface area contributed by atoms with E-state index in [4.69, 9.17) is 15.2 Å². The maximum atomic E-state index is 13.9. The summed E-state index contributed by atoms with van der Waals surface area (Å²) >= 11 is 0. The molecule has 0 saturated carbocycles. The number of hydrogen-bond acceptors (Lipinski definition) is 5. The number of aromatic nitrogens is 1. The van der Waals surface area contributed by atoms with E-state index in [1.165, 1.54) is 0 Å². The summed E-state index contributed by atoms with van der Waals surface area (Å²) in [6.45, 7) is 1.71. The molecule has 0 atom stereocenters. The number of rotatable bonds is 10. The lowest BCUT2D eigenvalue weighted by Gasteiger charge is -2.20. The van der Waals surface area contributed by atoms with Crippen LogP contribution in [0.4, 0.5) is 0 Å². The molecule has 0 spiro atoms. The van der Waals surface area contributed by atoms with E-state index >= 15 is 0 Å². The van der Waals surface area contributed by atoms with Gasteiger partial charge in [-0.1, -0.05) is 60.7 Å². The zero-order valence-corrected chi connectivity index (χ0v) is 19.4. The van der Waals surface area contributed by atoms with Crippen LogP contribution in [0.25, 0.3) is 10.9 Å². The molecule has 4 rings (SSSR count). The number of aryl methyl sites for hydroxylation is 1. The predicted molar refractivity (Wildman–Crippen MR) is 134 cm³/mol. The first-order valence-electron chi connectivity index (χ1n) is 11.2. The molecule has 0 unspecified atom stereocenters. The minimum atomic E-state index is -0.628. The molecule has 35 heavy (non-hydrogen) atoms. The van der Waals surface area contributed by atoms with Gasteiger partial charge in [0.05, 0.1) is 12.1 Å². The summed E-state index contributed by atoms with van der Waals surface area (Å²) in [4.78, 5) is 36.3. The molecule has 1 aromatic heterocycles. The van der Waals surface area contributed by atoms with E-state index in [1.54, 1.807) is 16.7 Å². The van der Waals surface area contributed by atoms with Gasteiger partial charge in [-0.25, -0.2) is 0 Å². The Morgan fingerprint density at radius 3 is 2.26 bits per heavy atom. The predicted octanol–water partition coefficient (Wildman–Crippen LogP) is 3.39. The van der Waals surface area contributed by atoms with Gasteiger partial charge in [0.1, 0.15) is 18.1 Å². The van der Waals surface area contributed by atoms with Crippen LogP contribution in [0.3, 0.4) is 0 Å². The maximum Gasteiger partial charge on any atom is 0.255 e. The Balaban J connectivity index is 1.98. The number of ether oxygens (including phenoxy) is 2. The lowest BCUT2D eigenvalue weighted by atomic mass is 9.97. The van der Waals surface area contributed by atoms with E-state index in [0.29, 0.717) is 47.2 Å². The molecule has 2 N–H and O–H groups in total. The molecular formula is C28H26N2O5. The number of benzene rings is 3. The molecule has 1 heterocycles. The van der Waals surface area contributed by atoms with Crippen molar-refractivity contribution >= 4 is 23.1 Å². The Morgan fingerprint density at radius 2 is 1.63 bits per heavy atom. The number of carbonyl (C=O) groups is 2. The number of nitrogens with zero attached hydrogens (tertiary/aromatic N) is 1. The molecular weight excluding hydrogens is 444 g/mol. The highest BCUT2D eigenvalue weighted by molar-refractivity contribution is 5.91. The third-order valence-electron chi connectivity index (χ3n) is 5.77. The van der Waals surface area contributed by atoms with Crippen molar-refractivity contribution < 1.29 is 19.1 Å². The Hall–Kier alpha value is -4.39. The van der Waals surface area contributed by atoms with Crippen LogP contribution in [-0.4, -0.2) is 30.0 Å². The van der Waals surface area contributed by atoms with E-state index in [9.17, 15) is 14.4 Å². The van der Waals surface area contributed by atoms with Gasteiger partial charge in [0.25, 0.3) is 11.5 Å². The van der Waals surface area contributed by atoms with E-state index in [1.807, 2.05) is 67.6 Å². The fraction of sp³-hybridized carbons (Fsp3) is 0.179.